The number of unbranched alkanes of at least 4 members (excludes halogenated alkanes) is 4. The molecule has 0 aliphatic rings. The second-order valence-electron chi connectivity index (χ2n) is 3.20. The van der Waals surface area contributed by atoms with E-state index < -0.39 is 5.97 Å². The van der Waals surface area contributed by atoms with Crippen LogP contribution < -0.4 is 5.11 Å². The molecule has 0 radical (unpaired) electrons. The molecule has 0 saturated heterocycles. The Hall–Kier alpha value is -0.790. The number of rotatable bonds is 8. The van der Waals surface area contributed by atoms with Crippen molar-refractivity contribution in [1.29, 1.82) is 0 Å². The van der Waals surface area contributed by atoms with E-state index in [1.54, 1.807) is 0 Å². The number of carbonyl (C=O) groups excluding carboxylic acids is 1. The first kappa shape index (κ1) is 12.2. The molecule has 76 valence electrons. The number of aliphatic carboxylic acids is 1. The molecule has 0 N–H and O–H groups in total. The van der Waals surface area contributed by atoms with Crippen LogP contribution in [0.25, 0.3) is 0 Å². The lowest BCUT2D eigenvalue weighted by Gasteiger charge is -2.00. The van der Waals surface area contributed by atoms with Crippen molar-refractivity contribution >= 4 is 5.97 Å². The van der Waals surface area contributed by atoms with Gasteiger partial charge in [-0.1, -0.05) is 31.9 Å². The number of hydrogen-bond donors (Lipinski definition) is 0. The highest BCUT2D eigenvalue weighted by molar-refractivity contribution is 5.63. The van der Waals surface area contributed by atoms with E-state index >= 15 is 0 Å². The van der Waals surface area contributed by atoms with Crippen LogP contribution in [0.15, 0.2) is 12.2 Å². The molecular weight excluding hydrogens is 164 g/mol. The van der Waals surface area contributed by atoms with Gasteiger partial charge in [-0.3, -0.25) is 0 Å². The molecule has 0 fully saturated rings. The maximum Gasteiger partial charge on any atom is 0.0414 e. The van der Waals surface area contributed by atoms with Crippen LogP contribution >= 0.6 is 0 Å². The summed E-state index contributed by atoms with van der Waals surface area (Å²) in [4.78, 5) is 10.1. The van der Waals surface area contributed by atoms with Gasteiger partial charge in [0.25, 0.3) is 0 Å². The second kappa shape index (κ2) is 9.30. The van der Waals surface area contributed by atoms with Gasteiger partial charge >= 0.3 is 0 Å². The molecule has 0 atom stereocenters. The first-order chi connectivity index (χ1) is 6.27. The summed E-state index contributed by atoms with van der Waals surface area (Å²) in [6, 6.07) is 0. The Balaban J connectivity index is 2.99. The van der Waals surface area contributed by atoms with Gasteiger partial charge in [-0.2, -0.15) is 0 Å². The molecule has 0 amide bonds. The lowest BCUT2D eigenvalue weighted by Crippen LogP contribution is -2.21. The van der Waals surface area contributed by atoms with E-state index in [9.17, 15) is 9.90 Å². The minimum Gasteiger partial charge on any atom is -0.550 e. The number of allylic oxidation sites excluding steroid dienone is 2. The second-order valence-corrected chi connectivity index (χ2v) is 3.20. The zero-order valence-corrected chi connectivity index (χ0v) is 8.42. The van der Waals surface area contributed by atoms with Crippen molar-refractivity contribution in [3.8, 4) is 0 Å². The first-order valence-electron chi connectivity index (χ1n) is 5.12. The number of carbonyl (C=O) groups is 1. The number of carboxylic acids is 1. The number of hydrogen-bond acceptors (Lipinski definition) is 2. The molecule has 0 aromatic carbocycles. The lowest BCUT2D eigenvalue weighted by atomic mass is 10.1. The predicted octanol–water partition coefficient (Wildman–Crippen LogP) is 2.04. The van der Waals surface area contributed by atoms with Crippen LogP contribution in [0.3, 0.4) is 0 Å². The molecule has 0 rings (SSSR count). The highest BCUT2D eigenvalue weighted by atomic mass is 16.4. The zero-order valence-electron chi connectivity index (χ0n) is 8.42. The summed E-state index contributed by atoms with van der Waals surface area (Å²) >= 11 is 0. The average molecular weight is 183 g/mol. The van der Waals surface area contributed by atoms with Crippen molar-refractivity contribution in [2.75, 3.05) is 0 Å². The van der Waals surface area contributed by atoms with Crippen molar-refractivity contribution in [3.05, 3.63) is 12.2 Å². The van der Waals surface area contributed by atoms with Crippen LogP contribution in [0.2, 0.25) is 0 Å². The fourth-order valence-electron chi connectivity index (χ4n) is 1.17. The summed E-state index contributed by atoms with van der Waals surface area (Å²) in [5, 5.41) is 10.1. The van der Waals surface area contributed by atoms with Crippen molar-refractivity contribution in [3.63, 3.8) is 0 Å². The SMILES string of the molecule is CCC=CCCCCCCC(=O)[O-]. The number of carboxylic acid groups (broad SMARTS) is 1. The molecule has 2 nitrogen and oxygen atoms in total. The minimum absolute atomic E-state index is 0.213. The van der Waals surface area contributed by atoms with Gasteiger partial charge in [0.2, 0.25) is 0 Å². The van der Waals surface area contributed by atoms with E-state index in [0.29, 0.717) is 0 Å². The normalized spacial score (nSPS) is 10.8. The van der Waals surface area contributed by atoms with Crippen molar-refractivity contribution in [2.45, 2.75) is 51.9 Å². The molecule has 2 heteroatoms. The van der Waals surface area contributed by atoms with Crippen LogP contribution in [0, 0.1) is 0 Å². The maximum absolute atomic E-state index is 10.1. The molecule has 0 aromatic heterocycles. The van der Waals surface area contributed by atoms with Gasteiger partial charge in [0.1, 0.15) is 0 Å². The van der Waals surface area contributed by atoms with Gasteiger partial charge < -0.3 is 9.90 Å². The monoisotopic (exact) mass is 183 g/mol. The largest absolute Gasteiger partial charge is 0.550 e. The Labute approximate surface area is 80.7 Å². The van der Waals surface area contributed by atoms with Crippen molar-refractivity contribution < 1.29 is 9.90 Å². The van der Waals surface area contributed by atoms with Gasteiger partial charge in [-0.25, -0.2) is 0 Å². The Morgan fingerprint density at radius 3 is 2.46 bits per heavy atom. The van der Waals surface area contributed by atoms with Crippen molar-refractivity contribution in [1.82, 2.24) is 0 Å². The van der Waals surface area contributed by atoms with E-state index in [1.165, 1.54) is 6.42 Å². The molecule has 0 aliphatic heterocycles. The highest BCUT2D eigenvalue weighted by Gasteiger charge is 1.89. The van der Waals surface area contributed by atoms with E-state index in [1.807, 2.05) is 0 Å². The molecule has 0 aliphatic carbocycles. The van der Waals surface area contributed by atoms with Gasteiger partial charge in [-0.15, -0.1) is 0 Å². The van der Waals surface area contributed by atoms with Crippen LogP contribution in [-0.2, 0) is 4.79 Å². The van der Waals surface area contributed by atoms with E-state index in [0.717, 1.165) is 32.1 Å². The predicted molar refractivity (Wildman–Crippen MR) is 52.1 cm³/mol. The van der Waals surface area contributed by atoms with Crippen LogP contribution in [-0.4, -0.2) is 5.97 Å². The Kier molecular flexibility index (Phi) is 8.73. The van der Waals surface area contributed by atoms with Crippen LogP contribution in [0.4, 0.5) is 0 Å². The fourth-order valence-corrected chi connectivity index (χ4v) is 1.17. The Morgan fingerprint density at radius 2 is 1.85 bits per heavy atom. The van der Waals surface area contributed by atoms with E-state index in [2.05, 4.69) is 19.1 Å². The van der Waals surface area contributed by atoms with Gasteiger partial charge in [0.15, 0.2) is 0 Å². The summed E-state index contributed by atoms with van der Waals surface area (Å²) in [5.41, 5.74) is 0. The van der Waals surface area contributed by atoms with Gasteiger partial charge in [0.05, 0.1) is 0 Å². The standard InChI is InChI=1S/C11H20O2/c1-2-3-4-5-6-7-8-9-10-11(12)13/h3-4H,2,5-10H2,1H3,(H,12,13)/p-1. The van der Waals surface area contributed by atoms with Crippen LogP contribution in [0.5, 0.6) is 0 Å². The van der Waals surface area contributed by atoms with E-state index in [4.69, 9.17) is 0 Å². The zero-order chi connectivity index (χ0) is 9.94. The quantitative estimate of drug-likeness (QED) is 0.427. The summed E-state index contributed by atoms with van der Waals surface area (Å²) in [6.45, 7) is 2.12. The molecule has 13 heavy (non-hydrogen) atoms. The third-order valence-corrected chi connectivity index (χ3v) is 1.90. The third-order valence-electron chi connectivity index (χ3n) is 1.90. The van der Waals surface area contributed by atoms with Crippen LogP contribution in [0.1, 0.15) is 51.9 Å². The molecular formula is C11H19O2-. The Morgan fingerprint density at radius 1 is 1.15 bits per heavy atom. The lowest BCUT2D eigenvalue weighted by molar-refractivity contribution is -0.305. The maximum atomic E-state index is 10.1. The third kappa shape index (κ3) is 11.2. The van der Waals surface area contributed by atoms with E-state index in [-0.39, 0.29) is 6.42 Å². The highest BCUT2D eigenvalue weighted by Crippen LogP contribution is 2.05. The topological polar surface area (TPSA) is 40.1 Å². The Bertz CT molecular complexity index is 150. The molecule has 0 spiro atoms. The fraction of sp³-hybridized carbons (Fsp3) is 0.727. The summed E-state index contributed by atoms with van der Waals surface area (Å²) in [7, 11) is 0. The smallest absolute Gasteiger partial charge is 0.0414 e. The average Bonchev–Trinajstić information content (AvgIpc) is 2.09. The van der Waals surface area contributed by atoms with Gasteiger partial charge in [-0.05, 0) is 32.1 Å². The summed E-state index contributed by atoms with van der Waals surface area (Å²) < 4.78 is 0. The minimum atomic E-state index is -0.925. The summed E-state index contributed by atoms with van der Waals surface area (Å²) in [6.07, 6.45) is 10.9. The van der Waals surface area contributed by atoms with Crippen molar-refractivity contribution in [2.24, 2.45) is 0 Å². The molecule has 0 bridgehead atoms. The molecule has 0 aromatic rings. The molecule has 0 saturated carbocycles. The molecule has 0 unspecified atom stereocenters. The first-order valence-corrected chi connectivity index (χ1v) is 5.12. The summed E-state index contributed by atoms with van der Waals surface area (Å²) in [5.74, 6) is -0.925. The molecule has 0 heterocycles. The van der Waals surface area contributed by atoms with Gasteiger partial charge in [0, 0.05) is 5.97 Å².